The van der Waals surface area contributed by atoms with E-state index in [2.05, 4.69) is 52.8 Å². The lowest BCUT2D eigenvalue weighted by atomic mass is 9.62. The van der Waals surface area contributed by atoms with Gasteiger partial charge >= 0.3 is 5.97 Å². The minimum absolute atomic E-state index is 0.236. The van der Waals surface area contributed by atoms with Gasteiger partial charge in [0, 0.05) is 6.08 Å². The summed E-state index contributed by atoms with van der Waals surface area (Å²) in [6.07, 6.45) is 11.3. The summed E-state index contributed by atoms with van der Waals surface area (Å²) >= 11 is 0. The lowest BCUT2D eigenvalue weighted by Crippen LogP contribution is -2.34. The van der Waals surface area contributed by atoms with E-state index in [-0.39, 0.29) is 16.2 Å². The highest BCUT2D eigenvalue weighted by Crippen LogP contribution is 2.55. The minimum atomic E-state index is -0.881. The second-order valence-electron chi connectivity index (χ2n) is 10.1. The highest BCUT2D eigenvalue weighted by atomic mass is 16.4. The molecule has 0 radical (unpaired) electrons. The van der Waals surface area contributed by atoms with E-state index in [0.717, 1.165) is 12.0 Å². The van der Waals surface area contributed by atoms with E-state index in [1.165, 1.54) is 54.0 Å². The predicted octanol–water partition coefficient (Wildman–Crippen LogP) is 6.35. The molecule has 1 aromatic carbocycles. The maximum absolute atomic E-state index is 10.8. The first-order valence-electron chi connectivity index (χ1n) is 10.2. The van der Waals surface area contributed by atoms with E-state index in [1.807, 2.05) is 13.0 Å². The molecule has 27 heavy (non-hydrogen) atoms. The Morgan fingerprint density at radius 3 is 2.07 bits per heavy atom. The summed E-state index contributed by atoms with van der Waals surface area (Å²) in [4.78, 5) is 10.8. The number of rotatable bonds is 5. The number of carbonyl (C=O) groups is 1. The molecule has 2 nitrogen and oxygen atoms in total. The molecule has 0 spiro atoms. The molecule has 0 aliphatic heterocycles. The van der Waals surface area contributed by atoms with Crippen LogP contribution in [0, 0.1) is 6.92 Å². The zero-order valence-corrected chi connectivity index (χ0v) is 17.8. The fourth-order valence-corrected chi connectivity index (χ4v) is 4.74. The van der Waals surface area contributed by atoms with Crippen molar-refractivity contribution in [3.8, 4) is 0 Å². The smallest absolute Gasteiger partial charge is 0.328 e. The second-order valence-corrected chi connectivity index (χ2v) is 10.1. The summed E-state index contributed by atoms with van der Waals surface area (Å²) in [6.45, 7) is 13.7. The number of aryl methyl sites for hydroxylation is 1. The van der Waals surface area contributed by atoms with E-state index in [4.69, 9.17) is 5.11 Å². The van der Waals surface area contributed by atoms with Gasteiger partial charge in [-0.05, 0) is 90.0 Å². The van der Waals surface area contributed by atoms with Crippen LogP contribution in [0.1, 0.15) is 89.0 Å². The van der Waals surface area contributed by atoms with Crippen molar-refractivity contribution in [3.63, 3.8) is 0 Å². The van der Waals surface area contributed by atoms with Crippen molar-refractivity contribution in [3.05, 3.63) is 58.2 Å². The highest BCUT2D eigenvalue weighted by molar-refractivity contribution is 5.81. The van der Waals surface area contributed by atoms with E-state index in [9.17, 15) is 4.79 Å². The third kappa shape index (κ3) is 3.90. The van der Waals surface area contributed by atoms with E-state index < -0.39 is 5.97 Å². The van der Waals surface area contributed by atoms with Gasteiger partial charge in [-0.1, -0.05) is 52.0 Å². The van der Waals surface area contributed by atoms with Gasteiger partial charge in [0.15, 0.2) is 0 Å². The number of fused-ring (bicyclic) bond motifs is 1. The van der Waals surface area contributed by atoms with Crippen LogP contribution >= 0.6 is 0 Å². The Morgan fingerprint density at radius 2 is 1.56 bits per heavy atom. The van der Waals surface area contributed by atoms with Crippen LogP contribution in [0.25, 0.3) is 0 Å². The number of hydrogen-bond donors (Lipinski definition) is 1. The molecule has 2 aliphatic rings. The normalized spacial score (nSPS) is 22.5. The third-order valence-electron chi connectivity index (χ3n) is 6.86. The predicted molar refractivity (Wildman–Crippen MR) is 113 cm³/mol. The molecular weight excluding hydrogens is 332 g/mol. The molecule has 0 amide bonds. The number of aliphatic carboxylic acids is 1. The van der Waals surface area contributed by atoms with Crippen molar-refractivity contribution < 1.29 is 9.90 Å². The number of benzene rings is 1. The molecule has 3 rings (SSSR count). The summed E-state index contributed by atoms with van der Waals surface area (Å²) < 4.78 is 0. The highest BCUT2D eigenvalue weighted by Gasteiger charge is 2.46. The van der Waals surface area contributed by atoms with Crippen LogP contribution in [0.5, 0.6) is 0 Å². The molecule has 1 N–H and O–H groups in total. The number of allylic oxidation sites excluding steroid dienone is 3. The van der Waals surface area contributed by atoms with Crippen molar-refractivity contribution in [1.82, 2.24) is 0 Å². The van der Waals surface area contributed by atoms with Gasteiger partial charge in [-0.2, -0.15) is 0 Å². The van der Waals surface area contributed by atoms with Crippen LogP contribution in [0.3, 0.4) is 0 Å². The molecule has 1 aromatic rings. The topological polar surface area (TPSA) is 37.3 Å². The largest absolute Gasteiger partial charge is 0.478 e. The summed E-state index contributed by atoms with van der Waals surface area (Å²) in [7, 11) is 0. The van der Waals surface area contributed by atoms with Crippen LogP contribution in [-0.4, -0.2) is 11.1 Å². The first-order chi connectivity index (χ1) is 12.5. The zero-order valence-electron chi connectivity index (χ0n) is 17.8. The van der Waals surface area contributed by atoms with Crippen molar-refractivity contribution in [2.75, 3.05) is 0 Å². The number of hydrogen-bond acceptors (Lipinski definition) is 1. The molecule has 0 unspecified atom stereocenters. The zero-order chi connectivity index (χ0) is 20.0. The van der Waals surface area contributed by atoms with Gasteiger partial charge in [-0.3, -0.25) is 0 Å². The maximum atomic E-state index is 10.8. The Morgan fingerprint density at radius 1 is 1.00 bits per heavy atom. The van der Waals surface area contributed by atoms with Gasteiger partial charge in [0.05, 0.1) is 0 Å². The Kier molecular flexibility index (Phi) is 4.91. The van der Waals surface area contributed by atoms with Crippen molar-refractivity contribution >= 4 is 5.97 Å². The molecule has 0 atom stereocenters. The monoisotopic (exact) mass is 366 g/mol. The van der Waals surface area contributed by atoms with E-state index in [1.54, 1.807) is 0 Å². The van der Waals surface area contributed by atoms with Crippen molar-refractivity contribution in [2.45, 2.75) is 89.9 Å². The van der Waals surface area contributed by atoms with Gasteiger partial charge in [0.2, 0.25) is 0 Å². The minimum Gasteiger partial charge on any atom is -0.478 e. The molecule has 1 saturated carbocycles. The first kappa shape index (κ1) is 19.9. The standard InChI is InChI=1S/C25H34O2/c1-17(14-22(26)27)8-7-9-25(12-13-25)19-16-21-20(15-18(19)2)23(3,4)10-11-24(21,5)6/h7-8,14-16H,9-13H2,1-6H3,(H,26,27)/b8-7+,17-14+. The molecule has 0 heterocycles. The fourth-order valence-electron chi connectivity index (χ4n) is 4.74. The average molecular weight is 367 g/mol. The average Bonchev–Trinajstić information content (AvgIpc) is 3.31. The Balaban J connectivity index is 1.94. The van der Waals surface area contributed by atoms with Gasteiger partial charge in [-0.15, -0.1) is 0 Å². The second kappa shape index (κ2) is 6.65. The number of carboxylic acid groups (broad SMARTS) is 1. The van der Waals surface area contributed by atoms with Crippen molar-refractivity contribution in [2.24, 2.45) is 0 Å². The Bertz CT molecular complexity index is 817. The molecule has 0 saturated heterocycles. The summed E-state index contributed by atoms with van der Waals surface area (Å²) in [5, 5.41) is 8.86. The van der Waals surface area contributed by atoms with Gasteiger partial charge in [0.1, 0.15) is 0 Å². The lowest BCUT2D eigenvalue weighted by molar-refractivity contribution is -0.131. The Labute approximate surface area is 164 Å². The lowest BCUT2D eigenvalue weighted by Gasteiger charge is -2.43. The molecule has 2 heteroatoms. The van der Waals surface area contributed by atoms with Gasteiger partial charge in [-0.25, -0.2) is 4.79 Å². The first-order valence-corrected chi connectivity index (χ1v) is 10.2. The third-order valence-corrected chi connectivity index (χ3v) is 6.86. The van der Waals surface area contributed by atoms with Crippen LogP contribution in [-0.2, 0) is 21.0 Å². The molecule has 0 bridgehead atoms. The van der Waals surface area contributed by atoms with Crippen LogP contribution in [0.2, 0.25) is 0 Å². The molecule has 146 valence electrons. The molecule has 2 aliphatic carbocycles. The summed E-state index contributed by atoms with van der Waals surface area (Å²) in [5.74, 6) is -0.881. The number of carboxylic acids is 1. The molecular formula is C25H34O2. The SMILES string of the molecule is CC(/C=C/CC1(c2cc3c(cc2C)C(C)(C)CCC3(C)C)CC1)=C\C(=O)O. The van der Waals surface area contributed by atoms with Crippen molar-refractivity contribution in [1.29, 1.82) is 0 Å². The summed E-state index contributed by atoms with van der Waals surface area (Å²) in [5.41, 5.74) is 7.53. The Hall–Kier alpha value is -1.83. The summed E-state index contributed by atoms with van der Waals surface area (Å²) in [6, 6.07) is 4.98. The maximum Gasteiger partial charge on any atom is 0.328 e. The molecule has 0 aromatic heterocycles. The van der Waals surface area contributed by atoms with E-state index in [0.29, 0.717) is 0 Å². The van der Waals surface area contributed by atoms with Crippen LogP contribution < -0.4 is 0 Å². The van der Waals surface area contributed by atoms with Gasteiger partial charge in [0.25, 0.3) is 0 Å². The fraction of sp³-hybridized carbons (Fsp3) is 0.560. The quantitative estimate of drug-likeness (QED) is 0.487. The van der Waals surface area contributed by atoms with E-state index >= 15 is 0 Å². The van der Waals surface area contributed by atoms with Gasteiger partial charge < -0.3 is 5.11 Å². The van der Waals surface area contributed by atoms with Crippen LogP contribution in [0.4, 0.5) is 0 Å². The van der Waals surface area contributed by atoms with Crippen LogP contribution in [0.15, 0.2) is 35.9 Å². The molecule has 1 fully saturated rings.